The first-order valence-corrected chi connectivity index (χ1v) is 14.4. The number of carboxylic acid groups (broad SMARTS) is 1. The summed E-state index contributed by atoms with van der Waals surface area (Å²) in [6.07, 6.45) is 12.0. The van der Waals surface area contributed by atoms with E-state index in [1.54, 1.807) is 18.5 Å². The van der Waals surface area contributed by atoms with Crippen LogP contribution in [0.4, 0.5) is 0 Å². The first kappa shape index (κ1) is 26.9. The van der Waals surface area contributed by atoms with E-state index in [4.69, 9.17) is 9.72 Å². The number of carbonyl (C=O) groups is 2. The fourth-order valence-corrected chi connectivity index (χ4v) is 6.11. The first-order valence-electron chi connectivity index (χ1n) is 14.4. The number of ether oxygens (including phenoxy) is 1. The van der Waals surface area contributed by atoms with Crippen molar-refractivity contribution in [2.75, 3.05) is 26.3 Å². The van der Waals surface area contributed by atoms with Gasteiger partial charge in [-0.3, -0.25) is 9.78 Å². The number of amides is 1. The van der Waals surface area contributed by atoms with E-state index in [0.29, 0.717) is 32.2 Å². The zero-order valence-corrected chi connectivity index (χ0v) is 23.0. The molecule has 210 valence electrons. The van der Waals surface area contributed by atoms with Gasteiger partial charge in [-0.2, -0.15) is 0 Å². The second-order valence-corrected chi connectivity index (χ2v) is 10.8. The maximum absolute atomic E-state index is 13.5. The Morgan fingerprint density at radius 1 is 0.951 bits per heavy atom. The molecule has 0 spiro atoms. The maximum atomic E-state index is 13.5. The van der Waals surface area contributed by atoms with Gasteiger partial charge in [-0.25, -0.2) is 9.78 Å². The van der Waals surface area contributed by atoms with Gasteiger partial charge >= 0.3 is 5.97 Å². The molecule has 6 rings (SSSR count). The minimum absolute atomic E-state index is 0.00904. The predicted molar refractivity (Wildman–Crippen MR) is 158 cm³/mol. The van der Waals surface area contributed by atoms with Gasteiger partial charge in [-0.05, 0) is 72.4 Å². The molecule has 4 heterocycles. The fourth-order valence-electron chi connectivity index (χ4n) is 6.11. The molecule has 2 aliphatic rings. The lowest BCUT2D eigenvalue weighted by atomic mass is 9.83. The molecule has 1 aliphatic carbocycles. The molecule has 0 radical (unpaired) electrons. The lowest BCUT2D eigenvalue weighted by Crippen LogP contribution is -2.42. The highest BCUT2D eigenvalue weighted by molar-refractivity contribution is 5.89. The number of pyridine rings is 2. The van der Waals surface area contributed by atoms with Crippen LogP contribution >= 0.6 is 0 Å². The van der Waals surface area contributed by atoms with Gasteiger partial charge in [-0.1, -0.05) is 31.4 Å². The van der Waals surface area contributed by atoms with E-state index in [-0.39, 0.29) is 12.5 Å². The van der Waals surface area contributed by atoms with Crippen molar-refractivity contribution < 1.29 is 19.4 Å². The quantitative estimate of drug-likeness (QED) is 0.294. The highest BCUT2D eigenvalue weighted by Crippen LogP contribution is 2.41. The van der Waals surface area contributed by atoms with E-state index < -0.39 is 5.97 Å². The van der Waals surface area contributed by atoms with E-state index in [1.807, 2.05) is 33.7 Å². The van der Waals surface area contributed by atoms with Crippen molar-refractivity contribution in [3.63, 3.8) is 0 Å². The highest BCUT2D eigenvalue weighted by atomic mass is 16.5. The van der Waals surface area contributed by atoms with Crippen molar-refractivity contribution in [3.05, 3.63) is 78.3 Å². The van der Waals surface area contributed by atoms with E-state index in [1.165, 1.54) is 24.8 Å². The van der Waals surface area contributed by atoms with E-state index in [0.717, 1.165) is 58.0 Å². The second kappa shape index (κ2) is 12.1. The number of aliphatic carboxylic acids is 1. The topological polar surface area (TPSA) is 97.5 Å². The Hall–Kier alpha value is -4.30. The number of aromatic nitrogens is 3. The van der Waals surface area contributed by atoms with E-state index >= 15 is 0 Å². The van der Waals surface area contributed by atoms with Crippen LogP contribution in [0.5, 0.6) is 0 Å². The van der Waals surface area contributed by atoms with Crippen LogP contribution < -0.4 is 0 Å². The molecule has 1 saturated heterocycles. The number of benzene rings is 1. The molecule has 8 heteroatoms. The van der Waals surface area contributed by atoms with Gasteiger partial charge in [0, 0.05) is 48.2 Å². The number of fused-ring (bicyclic) bond motifs is 1. The van der Waals surface area contributed by atoms with Gasteiger partial charge in [0.05, 0.1) is 30.1 Å². The van der Waals surface area contributed by atoms with Gasteiger partial charge in [0.15, 0.2) is 0 Å². The van der Waals surface area contributed by atoms with Crippen molar-refractivity contribution >= 4 is 28.9 Å². The smallest absolute Gasteiger partial charge is 0.328 e. The number of hydrogen-bond acceptors (Lipinski definition) is 5. The Labute approximate surface area is 239 Å². The van der Waals surface area contributed by atoms with Crippen molar-refractivity contribution in [1.82, 2.24) is 19.4 Å². The third kappa shape index (κ3) is 5.93. The fraction of sp³-hybridized carbons (Fsp3) is 0.333. The summed E-state index contributed by atoms with van der Waals surface area (Å²) < 4.78 is 7.47. The monoisotopic (exact) mass is 550 g/mol. The summed E-state index contributed by atoms with van der Waals surface area (Å²) in [5, 5.41) is 10.4. The van der Waals surface area contributed by atoms with Crippen molar-refractivity contribution in [3.8, 4) is 22.5 Å². The number of carbonyl (C=O) groups excluding carboxylic acids is 1. The zero-order valence-electron chi connectivity index (χ0n) is 23.0. The van der Waals surface area contributed by atoms with Crippen LogP contribution in [0, 0.1) is 0 Å². The third-order valence-electron chi connectivity index (χ3n) is 8.20. The molecule has 1 saturated carbocycles. The summed E-state index contributed by atoms with van der Waals surface area (Å²) >= 11 is 0. The SMILES string of the molecule is O=C(O)/C=C/c1cc(C2CCCCC2)c(-c2ccc3nc(-c4ccncc4)ccc3c2)n1CC(=O)N1CCOCC1. The van der Waals surface area contributed by atoms with Crippen LogP contribution in [0.25, 0.3) is 39.5 Å². The summed E-state index contributed by atoms with van der Waals surface area (Å²) in [6.45, 7) is 2.32. The Balaban J connectivity index is 1.46. The van der Waals surface area contributed by atoms with Crippen LogP contribution in [-0.2, 0) is 20.9 Å². The Morgan fingerprint density at radius 3 is 2.49 bits per heavy atom. The molecule has 2 fully saturated rings. The molecule has 1 N–H and O–H groups in total. The number of rotatable bonds is 7. The van der Waals surface area contributed by atoms with Crippen LogP contribution in [-0.4, -0.2) is 62.7 Å². The third-order valence-corrected chi connectivity index (χ3v) is 8.20. The molecule has 41 heavy (non-hydrogen) atoms. The summed E-state index contributed by atoms with van der Waals surface area (Å²) in [5.41, 5.74) is 6.69. The summed E-state index contributed by atoms with van der Waals surface area (Å²) in [4.78, 5) is 35.8. The van der Waals surface area contributed by atoms with Gasteiger partial charge in [0.25, 0.3) is 0 Å². The van der Waals surface area contributed by atoms with Crippen LogP contribution in [0.1, 0.15) is 49.3 Å². The lowest BCUT2D eigenvalue weighted by Gasteiger charge is -2.28. The van der Waals surface area contributed by atoms with E-state index in [9.17, 15) is 14.7 Å². The molecule has 8 nitrogen and oxygen atoms in total. The Kier molecular flexibility index (Phi) is 7.91. The van der Waals surface area contributed by atoms with Gasteiger partial charge in [0.2, 0.25) is 5.91 Å². The predicted octanol–water partition coefficient (Wildman–Crippen LogP) is 5.77. The van der Waals surface area contributed by atoms with Crippen molar-refractivity contribution in [2.45, 2.75) is 44.6 Å². The Bertz CT molecular complexity index is 1580. The minimum atomic E-state index is -1.01. The molecule has 4 aromatic rings. The van der Waals surface area contributed by atoms with Gasteiger partial charge in [-0.15, -0.1) is 0 Å². The van der Waals surface area contributed by atoms with E-state index in [2.05, 4.69) is 29.2 Å². The second-order valence-electron chi connectivity index (χ2n) is 10.8. The van der Waals surface area contributed by atoms with Crippen LogP contribution in [0.15, 0.2) is 67.0 Å². The molecule has 0 bridgehead atoms. The summed E-state index contributed by atoms with van der Waals surface area (Å²) in [7, 11) is 0. The minimum Gasteiger partial charge on any atom is -0.478 e. The molecule has 1 aliphatic heterocycles. The molecule has 1 amide bonds. The summed E-state index contributed by atoms with van der Waals surface area (Å²) in [6, 6.07) is 16.4. The van der Waals surface area contributed by atoms with Crippen molar-refractivity contribution in [2.24, 2.45) is 0 Å². The number of nitrogens with zero attached hydrogens (tertiary/aromatic N) is 4. The lowest BCUT2D eigenvalue weighted by molar-refractivity contribution is -0.136. The highest BCUT2D eigenvalue weighted by Gasteiger charge is 2.27. The number of morpholine rings is 1. The molecule has 1 aromatic carbocycles. The largest absolute Gasteiger partial charge is 0.478 e. The maximum Gasteiger partial charge on any atom is 0.328 e. The van der Waals surface area contributed by atoms with Crippen LogP contribution in [0.2, 0.25) is 0 Å². The summed E-state index contributed by atoms with van der Waals surface area (Å²) in [5.74, 6) is -0.645. The van der Waals surface area contributed by atoms with Gasteiger partial charge < -0.3 is 19.3 Å². The molecular formula is C33H34N4O4. The average Bonchev–Trinajstić information content (AvgIpc) is 3.38. The normalized spacial score (nSPS) is 16.4. The van der Waals surface area contributed by atoms with Crippen molar-refractivity contribution in [1.29, 1.82) is 0 Å². The molecular weight excluding hydrogens is 516 g/mol. The molecule has 0 unspecified atom stereocenters. The first-order chi connectivity index (χ1) is 20.1. The molecule has 0 atom stereocenters. The number of carboxylic acids is 1. The Morgan fingerprint density at radius 2 is 1.73 bits per heavy atom. The number of hydrogen-bond donors (Lipinski definition) is 1. The van der Waals surface area contributed by atoms with Crippen LogP contribution in [0.3, 0.4) is 0 Å². The molecule has 3 aromatic heterocycles. The standard InChI is InChI=1S/C33H34N4O4/c38-31(36-16-18-41-19-17-36)22-37-27(8-11-32(39)40)21-28(23-4-2-1-3-5-23)33(37)26-7-10-30-25(20-26)6-9-29(35-30)24-12-14-34-15-13-24/h6-15,20-21,23H,1-5,16-19,22H2,(H,39,40)/b11-8+. The average molecular weight is 551 g/mol. The van der Waals surface area contributed by atoms with Gasteiger partial charge in [0.1, 0.15) is 6.54 Å². The zero-order chi connectivity index (χ0) is 28.2.